The smallest absolute Gasteiger partial charge is 0.234 e. The zero-order valence-corrected chi connectivity index (χ0v) is 12.5. The van der Waals surface area contributed by atoms with E-state index in [-0.39, 0.29) is 11.4 Å². The number of hydrogen-bond acceptors (Lipinski definition) is 2. The van der Waals surface area contributed by atoms with Gasteiger partial charge in [0.25, 0.3) is 0 Å². The van der Waals surface area contributed by atoms with E-state index in [1.54, 1.807) is 0 Å². The summed E-state index contributed by atoms with van der Waals surface area (Å²) in [5.41, 5.74) is -0.0843. The van der Waals surface area contributed by atoms with Gasteiger partial charge in [0.05, 0.1) is 6.54 Å². The van der Waals surface area contributed by atoms with Crippen molar-refractivity contribution in [2.45, 2.75) is 65.3 Å². The van der Waals surface area contributed by atoms with Gasteiger partial charge in [0.2, 0.25) is 5.91 Å². The van der Waals surface area contributed by atoms with E-state index >= 15 is 0 Å². The Bertz CT molecular complexity index is 255. The largest absolute Gasteiger partial charge is 0.350 e. The van der Waals surface area contributed by atoms with Crippen LogP contribution in [0.25, 0.3) is 0 Å². The van der Waals surface area contributed by atoms with Crippen molar-refractivity contribution in [3.8, 4) is 0 Å². The molecule has 0 aromatic heterocycles. The van der Waals surface area contributed by atoms with Crippen molar-refractivity contribution >= 4 is 5.91 Å². The Morgan fingerprint density at radius 3 is 2.39 bits per heavy atom. The van der Waals surface area contributed by atoms with Crippen LogP contribution in [0.3, 0.4) is 0 Å². The van der Waals surface area contributed by atoms with Crippen LogP contribution < -0.4 is 10.6 Å². The molecule has 0 bridgehead atoms. The van der Waals surface area contributed by atoms with Gasteiger partial charge >= 0.3 is 0 Å². The molecule has 3 nitrogen and oxygen atoms in total. The molecule has 1 fully saturated rings. The molecule has 0 spiro atoms. The molecule has 0 heterocycles. The molecule has 0 aromatic rings. The maximum Gasteiger partial charge on any atom is 0.234 e. The van der Waals surface area contributed by atoms with Crippen LogP contribution in [0.5, 0.6) is 0 Å². The minimum absolute atomic E-state index is 0.0843. The Morgan fingerprint density at radius 1 is 1.22 bits per heavy atom. The lowest BCUT2D eigenvalue weighted by atomic mass is 9.83. The van der Waals surface area contributed by atoms with Crippen molar-refractivity contribution in [1.29, 1.82) is 0 Å². The molecule has 0 radical (unpaired) electrons. The van der Waals surface area contributed by atoms with E-state index in [1.165, 1.54) is 25.7 Å². The Labute approximate surface area is 112 Å². The summed E-state index contributed by atoms with van der Waals surface area (Å²) in [6.07, 6.45) is 6.29. The van der Waals surface area contributed by atoms with Crippen molar-refractivity contribution < 1.29 is 4.79 Å². The molecule has 0 aromatic carbocycles. The normalized spacial score (nSPS) is 24.9. The van der Waals surface area contributed by atoms with Gasteiger partial charge in [-0.15, -0.1) is 0 Å². The molecule has 0 saturated heterocycles. The summed E-state index contributed by atoms with van der Waals surface area (Å²) < 4.78 is 0. The molecule has 3 heteroatoms. The van der Waals surface area contributed by atoms with Crippen LogP contribution in [0.4, 0.5) is 0 Å². The molecular weight excluding hydrogens is 224 g/mol. The summed E-state index contributed by atoms with van der Waals surface area (Å²) in [4.78, 5) is 11.7. The predicted molar refractivity (Wildman–Crippen MR) is 76.5 cm³/mol. The molecule has 2 N–H and O–H groups in total. The van der Waals surface area contributed by atoms with Gasteiger partial charge in [0.15, 0.2) is 0 Å². The van der Waals surface area contributed by atoms with Gasteiger partial charge in [-0.25, -0.2) is 0 Å². The van der Waals surface area contributed by atoms with Gasteiger partial charge < -0.3 is 10.6 Å². The lowest BCUT2D eigenvalue weighted by Gasteiger charge is -2.27. The monoisotopic (exact) mass is 254 g/mol. The molecule has 0 unspecified atom stereocenters. The van der Waals surface area contributed by atoms with Gasteiger partial charge in [-0.1, -0.05) is 26.7 Å². The Hall–Kier alpha value is -0.570. The Balaban J connectivity index is 2.12. The third-order valence-corrected chi connectivity index (χ3v) is 4.22. The van der Waals surface area contributed by atoms with Crippen LogP contribution in [0, 0.1) is 11.8 Å². The van der Waals surface area contributed by atoms with Gasteiger partial charge in [-0.3, -0.25) is 4.79 Å². The van der Waals surface area contributed by atoms with Gasteiger partial charge in [-0.05, 0) is 51.5 Å². The van der Waals surface area contributed by atoms with Crippen molar-refractivity contribution in [3.63, 3.8) is 0 Å². The molecule has 0 aliphatic heterocycles. The summed E-state index contributed by atoms with van der Waals surface area (Å²) >= 11 is 0. The number of carbonyl (C=O) groups excluding carboxylic acids is 1. The molecule has 18 heavy (non-hydrogen) atoms. The highest BCUT2D eigenvalue weighted by Gasteiger charge is 2.19. The molecule has 1 rings (SSSR count). The SMILES string of the molecule is CCC(C)(C)NC(=O)CNCC1CCC(C)CC1. The first kappa shape index (κ1) is 15.5. The van der Waals surface area contributed by atoms with Crippen LogP contribution in [0.1, 0.15) is 59.8 Å². The zero-order valence-electron chi connectivity index (χ0n) is 12.5. The standard InChI is InChI=1S/C15H30N2O/c1-5-15(3,4)17-14(18)11-16-10-13-8-6-12(2)7-9-13/h12-13,16H,5-11H2,1-4H3,(H,17,18). The lowest BCUT2D eigenvalue weighted by molar-refractivity contribution is -0.121. The minimum atomic E-state index is -0.0843. The van der Waals surface area contributed by atoms with Gasteiger partial charge in [0.1, 0.15) is 0 Å². The summed E-state index contributed by atoms with van der Waals surface area (Å²) in [5, 5.41) is 6.35. The average molecular weight is 254 g/mol. The second-order valence-corrected chi connectivity index (χ2v) is 6.54. The van der Waals surface area contributed by atoms with Gasteiger partial charge in [0, 0.05) is 5.54 Å². The van der Waals surface area contributed by atoms with Crippen LogP contribution in [0.15, 0.2) is 0 Å². The highest BCUT2D eigenvalue weighted by Crippen LogP contribution is 2.27. The summed E-state index contributed by atoms with van der Waals surface area (Å²) in [6, 6.07) is 0. The number of hydrogen-bond donors (Lipinski definition) is 2. The second-order valence-electron chi connectivity index (χ2n) is 6.54. The number of rotatable bonds is 6. The third-order valence-electron chi connectivity index (χ3n) is 4.22. The van der Waals surface area contributed by atoms with Crippen LogP contribution in [-0.2, 0) is 4.79 Å². The quantitative estimate of drug-likeness (QED) is 0.765. The lowest BCUT2D eigenvalue weighted by Crippen LogP contribution is -2.47. The highest BCUT2D eigenvalue weighted by atomic mass is 16.2. The zero-order chi connectivity index (χ0) is 13.6. The van der Waals surface area contributed by atoms with E-state index in [4.69, 9.17) is 0 Å². The fraction of sp³-hybridized carbons (Fsp3) is 0.933. The van der Waals surface area contributed by atoms with Crippen LogP contribution in [-0.4, -0.2) is 24.5 Å². The summed E-state index contributed by atoms with van der Waals surface area (Å²) in [7, 11) is 0. The predicted octanol–water partition coefficient (Wildman–Crippen LogP) is 2.71. The molecule has 106 valence electrons. The molecule has 1 amide bonds. The first-order valence-electron chi connectivity index (χ1n) is 7.44. The molecule has 1 saturated carbocycles. The van der Waals surface area contributed by atoms with E-state index in [0.717, 1.165) is 24.8 Å². The first-order chi connectivity index (χ1) is 8.43. The number of amides is 1. The number of carbonyl (C=O) groups is 1. The Morgan fingerprint density at radius 2 is 1.83 bits per heavy atom. The topological polar surface area (TPSA) is 41.1 Å². The van der Waals surface area contributed by atoms with Crippen molar-refractivity contribution in [3.05, 3.63) is 0 Å². The van der Waals surface area contributed by atoms with E-state index < -0.39 is 0 Å². The Kier molecular flexibility index (Phi) is 6.13. The maximum atomic E-state index is 11.7. The van der Waals surface area contributed by atoms with Crippen LogP contribution >= 0.6 is 0 Å². The molecule has 1 aliphatic carbocycles. The maximum absolute atomic E-state index is 11.7. The summed E-state index contributed by atoms with van der Waals surface area (Å²) in [6.45, 7) is 10.0. The molecule has 1 aliphatic rings. The molecule has 0 atom stereocenters. The van der Waals surface area contributed by atoms with E-state index in [0.29, 0.717) is 6.54 Å². The summed E-state index contributed by atoms with van der Waals surface area (Å²) in [5.74, 6) is 1.79. The minimum Gasteiger partial charge on any atom is -0.350 e. The fourth-order valence-electron chi connectivity index (χ4n) is 2.43. The van der Waals surface area contributed by atoms with Crippen LogP contribution in [0.2, 0.25) is 0 Å². The molecular formula is C15H30N2O. The van der Waals surface area contributed by atoms with E-state index in [1.807, 2.05) is 0 Å². The number of nitrogens with one attached hydrogen (secondary N) is 2. The van der Waals surface area contributed by atoms with Gasteiger partial charge in [-0.2, -0.15) is 0 Å². The third kappa shape index (κ3) is 5.85. The van der Waals surface area contributed by atoms with Crippen molar-refractivity contribution in [2.24, 2.45) is 11.8 Å². The first-order valence-corrected chi connectivity index (χ1v) is 7.44. The average Bonchev–Trinajstić information content (AvgIpc) is 2.31. The van der Waals surface area contributed by atoms with E-state index in [2.05, 4.69) is 38.3 Å². The van der Waals surface area contributed by atoms with E-state index in [9.17, 15) is 4.79 Å². The van der Waals surface area contributed by atoms with Crippen molar-refractivity contribution in [1.82, 2.24) is 10.6 Å². The fourth-order valence-corrected chi connectivity index (χ4v) is 2.43. The van der Waals surface area contributed by atoms with Crippen molar-refractivity contribution in [2.75, 3.05) is 13.1 Å². The second kappa shape index (κ2) is 7.13. The highest BCUT2D eigenvalue weighted by molar-refractivity contribution is 5.78.